The van der Waals surface area contributed by atoms with Gasteiger partial charge >= 0.3 is 6.18 Å². The van der Waals surface area contributed by atoms with Crippen molar-refractivity contribution in [3.05, 3.63) is 64.7 Å². The van der Waals surface area contributed by atoms with Crippen molar-refractivity contribution >= 4 is 34.1 Å². The highest BCUT2D eigenvalue weighted by Gasteiger charge is 2.48. The summed E-state index contributed by atoms with van der Waals surface area (Å²) in [5, 5.41) is 3.61. The highest BCUT2D eigenvalue weighted by molar-refractivity contribution is 8.08. The van der Waals surface area contributed by atoms with Crippen molar-refractivity contribution in [2.75, 3.05) is 16.8 Å². The minimum absolute atomic E-state index is 0.163. The molecule has 1 nitrogen and oxygen atoms in total. The fourth-order valence-electron chi connectivity index (χ4n) is 4.65. The second-order valence-electron chi connectivity index (χ2n) is 8.16. The van der Waals surface area contributed by atoms with Crippen LogP contribution >= 0.6 is 23.5 Å². The van der Waals surface area contributed by atoms with E-state index in [0.717, 1.165) is 22.8 Å². The Labute approximate surface area is 171 Å². The minimum Gasteiger partial charge on any atom is -0.378 e. The highest BCUT2D eigenvalue weighted by atomic mass is 32.2. The number of alkyl halides is 3. The molecule has 2 atom stereocenters. The summed E-state index contributed by atoms with van der Waals surface area (Å²) in [6, 6.07) is 12.8. The lowest BCUT2D eigenvalue weighted by Gasteiger charge is -2.50. The summed E-state index contributed by atoms with van der Waals surface area (Å²) in [5.41, 5.74) is 3.40. The van der Waals surface area contributed by atoms with Gasteiger partial charge in [0.1, 0.15) is 0 Å². The smallest absolute Gasteiger partial charge is 0.378 e. The van der Waals surface area contributed by atoms with Crippen LogP contribution in [0.2, 0.25) is 0 Å². The lowest BCUT2D eigenvalue weighted by atomic mass is 9.66. The van der Waals surface area contributed by atoms with Crippen molar-refractivity contribution in [2.45, 2.75) is 36.4 Å². The fraction of sp³-hybridized carbons (Fsp3) is 0.364. The number of hydrogen-bond acceptors (Lipinski definition) is 3. The van der Waals surface area contributed by atoms with Crippen LogP contribution in [0.25, 0.3) is 4.91 Å². The maximum Gasteiger partial charge on any atom is 0.416 e. The van der Waals surface area contributed by atoms with Gasteiger partial charge in [-0.25, -0.2) is 0 Å². The number of halogens is 3. The molecule has 0 aliphatic carbocycles. The van der Waals surface area contributed by atoms with Crippen LogP contribution in [0.15, 0.2) is 52.9 Å². The third-order valence-electron chi connectivity index (χ3n) is 6.27. The van der Waals surface area contributed by atoms with Crippen LogP contribution < -0.4 is 5.32 Å². The van der Waals surface area contributed by atoms with Crippen molar-refractivity contribution in [1.29, 1.82) is 0 Å². The minimum atomic E-state index is -4.32. The predicted molar refractivity (Wildman–Crippen MR) is 112 cm³/mol. The van der Waals surface area contributed by atoms with Gasteiger partial charge < -0.3 is 5.32 Å². The van der Waals surface area contributed by atoms with E-state index < -0.39 is 11.7 Å². The average Bonchev–Trinajstić information content (AvgIpc) is 2.66. The van der Waals surface area contributed by atoms with Gasteiger partial charge in [0.25, 0.3) is 0 Å². The summed E-state index contributed by atoms with van der Waals surface area (Å²) in [7, 11) is 0. The first kappa shape index (κ1) is 18.5. The van der Waals surface area contributed by atoms with E-state index in [2.05, 4.69) is 43.4 Å². The number of thioether (sulfide) groups is 2. The topological polar surface area (TPSA) is 12.0 Å². The summed E-state index contributed by atoms with van der Waals surface area (Å²) < 4.78 is 39.8. The molecule has 0 bridgehead atoms. The van der Waals surface area contributed by atoms with Gasteiger partial charge in [0.05, 0.1) is 11.6 Å². The molecule has 6 heteroatoms. The van der Waals surface area contributed by atoms with Crippen molar-refractivity contribution in [3.8, 4) is 0 Å². The first-order valence-electron chi connectivity index (χ1n) is 9.33. The zero-order chi connectivity index (χ0) is 19.7. The lowest BCUT2D eigenvalue weighted by molar-refractivity contribution is -0.137. The molecule has 28 heavy (non-hydrogen) atoms. The number of fused-ring (bicyclic) bond motifs is 5. The third-order valence-corrected chi connectivity index (χ3v) is 8.69. The van der Waals surface area contributed by atoms with Gasteiger partial charge in [0.2, 0.25) is 0 Å². The van der Waals surface area contributed by atoms with Gasteiger partial charge in [-0.05, 0) is 40.8 Å². The average molecular weight is 420 g/mol. The molecule has 0 spiro atoms. The summed E-state index contributed by atoms with van der Waals surface area (Å²) in [6.07, 6.45) is -4.32. The van der Waals surface area contributed by atoms with E-state index in [1.54, 1.807) is 6.07 Å². The van der Waals surface area contributed by atoms with Crippen LogP contribution in [0.4, 0.5) is 18.9 Å². The molecule has 0 saturated carbocycles. The highest BCUT2D eigenvalue weighted by Crippen LogP contribution is 2.55. The second kappa shape index (κ2) is 6.23. The molecule has 0 saturated heterocycles. The molecule has 3 aliphatic rings. The lowest BCUT2D eigenvalue weighted by Crippen LogP contribution is -2.50. The molecule has 0 amide bonds. The molecule has 2 aromatic carbocycles. The van der Waals surface area contributed by atoms with Crippen molar-refractivity contribution < 1.29 is 13.2 Å². The number of nitrogens with one attached hydrogen (secondary N) is 1. The zero-order valence-electron chi connectivity index (χ0n) is 15.6. The maximum absolute atomic E-state index is 13.3. The maximum atomic E-state index is 13.3. The first-order valence-corrected chi connectivity index (χ1v) is 11.3. The summed E-state index contributed by atoms with van der Waals surface area (Å²) in [4.78, 5) is 2.67. The Hall–Kier alpha value is -1.53. The molecular formula is C22H20F3NS2. The van der Waals surface area contributed by atoms with E-state index in [4.69, 9.17) is 0 Å². The van der Waals surface area contributed by atoms with Crippen LogP contribution in [-0.4, -0.2) is 17.5 Å². The van der Waals surface area contributed by atoms with E-state index in [0.29, 0.717) is 0 Å². The summed E-state index contributed by atoms with van der Waals surface area (Å²) in [6.45, 7) is 4.20. The molecule has 0 radical (unpaired) electrons. The van der Waals surface area contributed by atoms with E-state index in [1.165, 1.54) is 33.1 Å². The molecule has 3 heterocycles. The molecule has 2 aromatic rings. The number of benzene rings is 2. The van der Waals surface area contributed by atoms with Crippen molar-refractivity contribution in [1.82, 2.24) is 0 Å². The van der Waals surface area contributed by atoms with Crippen LogP contribution in [0.1, 0.15) is 30.5 Å². The third kappa shape index (κ3) is 2.71. The van der Waals surface area contributed by atoms with E-state index in [-0.39, 0.29) is 17.4 Å². The number of anilines is 1. The largest absolute Gasteiger partial charge is 0.416 e. The Morgan fingerprint density at radius 3 is 2.64 bits per heavy atom. The summed E-state index contributed by atoms with van der Waals surface area (Å²) >= 11 is 3.72. The monoisotopic (exact) mass is 419 g/mol. The molecule has 146 valence electrons. The summed E-state index contributed by atoms with van der Waals surface area (Å²) in [5.74, 6) is 2.08. The van der Waals surface area contributed by atoms with Gasteiger partial charge in [-0.3, -0.25) is 0 Å². The quantitative estimate of drug-likeness (QED) is 0.513. The van der Waals surface area contributed by atoms with E-state index in [1.807, 2.05) is 23.5 Å². The van der Waals surface area contributed by atoms with Gasteiger partial charge in [0, 0.05) is 38.5 Å². The molecule has 2 unspecified atom stereocenters. The predicted octanol–water partition coefficient (Wildman–Crippen LogP) is 6.66. The van der Waals surface area contributed by atoms with Gasteiger partial charge in [-0.15, -0.1) is 23.5 Å². The first-order chi connectivity index (χ1) is 13.3. The number of rotatable bonds is 0. The Balaban J connectivity index is 1.61. The fourth-order valence-corrected chi connectivity index (χ4v) is 7.61. The molecule has 3 aliphatic heterocycles. The molecule has 0 aromatic heterocycles. The van der Waals surface area contributed by atoms with Gasteiger partial charge in [-0.2, -0.15) is 13.2 Å². The molecular weight excluding hydrogens is 399 g/mol. The zero-order valence-corrected chi connectivity index (χ0v) is 17.2. The van der Waals surface area contributed by atoms with E-state index in [9.17, 15) is 13.2 Å². The SMILES string of the molecule is CC1(C)c2cc(C(F)(F)F)ccc2NC2C3=C(SCC21)c1ccccc1SC3. The van der Waals surface area contributed by atoms with Gasteiger partial charge in [-0.1, -0.05) is 32.0 Å². The van der Waals surface area contributed by atoms with Gasteiger partial charge in [0.15, 0.2) is 0 Å². The van der Waals surface area contributed by atoms with Crippen LogP contribution in [-0.2, 0) is 11.6 Å². The molecule has 1 N–H and O–H groups in total. The van der Waals surface area contributed by atoms with Crippen LogP contribution in [0.3, 0.4) is 0 Å². The van der Waals surface area contributed by atoms with Crippen molar-refractivity contribution in [2.24, 2.45) is 5.92 Å². The Kier molecular flexibility index (Phi) is 4.12. The Morgan fingerprint density at radius 1 is 1.07 bits per heavy atom. The Morgan fingerprint density at radius 2 is 1.86 bits per heavy atom. The van der Waals surface area contributed by atoms with Crippen molar-refractivity contribution in [3.63, 3.8) is 0 Å². The molecule has 5 rings (SSSR count). The normalized spacial score (nSPS) is 25.2. The standard InChI is InChI=1S/C22H20F3NS2/c1-21(2)15-9-12(22(23,24)25)7-8-17(15)26-19-14-10-27-18-6-4-3-5-13(18)20(14)28-11-16(19)21/h3-9,16,19,26H,10-11H2,1-2H3. The Bertz CT molecular complexity index is 994. The second-order valence-corrected chi connectivity index (χ2v) is 10.2. The number of hydrogen-bond donors (Lipinski definition) is 1. The van der Waals surface area contributed by atoms with Crippen LogP contribution in [0.5, 0.6) is 0 Å². The molecule has 0 fully saturated rings. The van der Waals surface area contributed by atoms with E-state index >= 15 is 0 Å². The van der Waals surface area contributed by atoms with Crippen LogP contribution in [0, 0.1) is 5.92 Å².